The summed E-state index contributed by atoms with van der Waals surface area (Å²) < 4.78 is 34.1. The zero-order valence-corrected chi connectivity index (χ0v) is 15.3. The second-order valence-corrected chi connectivity index (χ2v) is 7.87. The van der Waals surface area contributed by atoms with Crippen molar-refractivity contribution >= 4 is 27.5 Å². The number of carbonyl (C=O) groups excluding carboxylic acids is 1. The lowest BCUT2D eigenvalue weighted by Crippen LogP contribution is -2.35. The number of hydrogen-bond donors (Lipinski definition) is 1. The molecule has 1 atom stereocenters. The summed E-state index contributed by atoms with van der Waals surface area (Å²) in [5.41, 5.74) is 0.886. The Bertz CT molecular complexity index is 798. The molecule has 2 aliphatic rings. The number of nitrogens with zero attached hydrogens (tertiary/aromatic N) is 2. The molecule has 25 heavy (non-hydrogen) atoms. The number of benzene rings is 1. The number of amidine groups is 1. The third-order valence-corrected chi connectivity index (χ3v) is 5.78. The molecule has 1 aromatic carbocycles. The van der Waals surface area contributed by atoms with E-state index < -0.39 is 10.0 Å². The van der Waals surface area contributed by atoms with Crippen LogP contribution >= 0.6 is 0 Å². The molecule has 8 heteroatoms. The minimum atomic E-state index is -3.79. The highest BCUT2D eigenvalue weighted by Crippen LogP contribution is 2.32. The van der Waals surface area contributed by atoms with E-state index in [0.29, 0.717) is 30.2 Å². The molecule has 1 fully saturated rings. The van der Waals surface area contributed by atoms with Gasteiger partial charge in [-0.2, -0.15) is 8.42 Å². The Morgan fingerprint density at radius 1 is 1.44 bits per heavy atom. The molecule has 1 amide bonds. The van der Waals surface area contributed by atoms with Crippen LogP contribution in [0.5, 0.6) is 0 Å². The Balaban J connectivity index is 1.84. The quantitative estimate of drug-likeness (QED) is 0.861. The van der Waals surface area contributed by atoms with Gasteiger partial charge in [-0.25, -0.2) is 0 Å². The van der Waals surface area contributed by atoms with Crippen LogP contribution in [0.2, 0.25) is 0 Å². The third kappa shape index (κ3) is 3.69. The van der Waals surface area contributed by atoms with Gasteiger partial charge in [0.25, 0.3) is 15.9 Å². The summed E-state index contributed by atoms with van der Waals surface area (Å²) in [5.74, 6) is 0.145. The fourth-order valence-electron chi connectivity index (χ4n) is 3.15. The van der Waals surface area contributed by atoms with Gasteiger partial charge in [0.1, 0.15) is 10.7 Å². The number of nitrogens with one attached hydrogen (secondary N) is 1. The molecule has 0 saturated carbocycles. The largest absolute Gasteiger partial charge is 0.376 e. The summed E-state index contributed by atoms with van der Waals surface area (Å²) in [5, 5.41) is 2.81. The van der Waals surface area contributed by atoms with E-state index >= 15 is 0 Å². The smallest absolute Gasteiger partial charge is 0.286 e. The van der Waals surface area contributed by atoms with E-state index in [4.69, 9.17) is 4.74 Å². The second-order valence-electron chi connectivity index (χ2n) is 6.29. The Labute approximate surface area is 148 Å². The van der Waals surface area contributed by atoms with Gasteiger partial charge in [-0.15, -0.1) is 4.40 Å². The van der Waals surface area contributed by atoms with Gasteiger partial charge in [-0.1, -0.05) is 6.92 Å². The molecule has 2 heterocycles. The van der Waals surface area contributed by atoms with Gasteiger partial charge in [0.2, 0.25) is 0 Å². The first kappa shape index (κ1) is 17.9. The first-order chi connectivity index (χ1) is 11.9. The maximum Gasteiger partial charge on any atom is 0.286 e. The van der Waals surface area contributed by atoms with Crippen molar-refractivity contribution in [1.29, 1.82) is 0 Å². The van der Waals surface area contributed by atoms with E-state index in [1.807, 2.05) is 11.8 Å². The van der Waals surface area contributed by atoms with Crippen LogP contribution in [0.25, 0.3) is 0 Å². The zero-order chi connectivity index (χ0) is 18.0. The molecule has 0 bridgehead atoms. The Kier molecular flexibility index (Phi) is 5.10. The Morgan fingerprint density at radius 2 is 2.24 bits per heavy atom. The van der Waals surface area contributed by atoms with Crippen LogP contribution in [0.3, 0.4) is 0 Å². The first-order valence-electron chi connectivity index (χ1n) is 8.55. The number of sulfonamides is 1. The highest BCUT2D eigenvalue weighted by molar-refractivity contribution is 7.90. The van der Waals surface area contributed by atoms with Crippen molar-refractivity contribution in [2.75, 3.05) is 24.6 Å². The lowest BCUT2D eigenvalue weighted by Gasteiger charge is -2.29. The molecule has 136 valence electrons. The molecule has 2 aliphatic heterocycles. The maximum absolute atomic E-state index is 12.4. The highest BCUT2D eigenvalue weighted by atomic mass is 32.2. The summed E-state index contributed by atoms with van der Waals surface area (Å²) in [7, 11) is -3.79. The van der Waals surface area contributed by atoms with Crippen molar-refractivity contribution in [1.82, 2.24) is 5.32 Å². The molecule has 3 rings (SSSR count). The summed E-state index contributed by atoms with van der Waals surface area (Å²) >= 11 is 0. The molecule has 1 saturated heterocycles. The standard InChI is InChI=1S/C17H23N3O4S/c1-3-8-20-12(2)19-25(22,23)16-10-13(6-7-15(16)20)17(21)18-11-14-5-4-9-24-14/h6-7,10,14H,3-5,8-9,11H2,1-2H3,(H,18,21). The summed E-state index contributed by atoms with van der Waals surface area (Å²) in [4.78, 5) is 14.3. The monoisotopic (exact) mass is 365 g/mol. The maximum atomic E-state index is 12.4. The molecule has 0 aliphatic carbocycles. The van der Waals surface area contributed by atoms with Gasteiger partial charge in [-0.3, -0.25) is 4.79 Å². The fourth-order valence-corrected chi connectivity index (χ4v) is 4.41. The lowest BCUT2D eigenvalue weighted by molar-refractivity contribution is 0.0857. The van der Waals surface area contributed by atoms with Crippen LogP contribution in [0.1, 0.15) is 43.5 Å². The van der Waals surface area contributed by atoms with Gasteiger partial charge in [0.05, 0.1) is 11.8 Å². The summed E-state index contributed by atoms with van der Waals surface area (Å²) in [6.45, 7) is 5.52. The molecule has 0 radical (unpaired) electrons. The third-order valence-electron chi connectivity index (χ3n) is 4.40. The van der Waals surface area contributed by atoms with Crippen LogP contribution < -0.4 is 10.2 Å². The number of anilines is 1. The average molecular weight is 365 g/mol. The zero-order valence-electron chi connectivity index (χ0n) is 14.5. The molecule has 7 nitrogen and oxygen atoms in total. The molecule has 0 aromatic heterocycles. The first-order valence-corrected chi connectivity index (χ1v) is 9.99. The number of ether oxygens (including phenoxy) is 1. The van der Waals surface area contributed by atoms with Crippen molar-refractivity contribution in [3.8, 4) is 0 Å². The van der Waals surface area contributed by atoms with E-state index in [1.165, 1.54) is 6.07 Å². The van der Waals surface area contributed by atoms with Crippen molar-refractivity contribution in [2.24, 2.45) is 4.40 Å². The average Bonchev–Trinajstić information content (AvgIpc) is 3.09. The normalized spacial score (nSPS) is 21.6. The van der Waals surface area contributed by atoms with E-state index in [2.05, 4.69) is 9.71 Å². The number of hydrogen-bond acceptors (Lipinski definition) is 5. The van der Waals surface area contributed by atoms with Crippen molar-refractivity contribution < 1.29 is 17.9 Å². The second kappa shape index (κ2) is 7.13. The summed E-state index contributed by atoms with van der Waals surface area (Å²) in [6, 6.07) is 4.75. The molecule has 0 spiro atoms. The van der Waals surface area contributed by atoms with Gasteiger partial charge >= 0.3 is 0 Å². The van der Waals surface area contributed by atoms with Crippen molar-refractivity contribution in [3.63, 3.8) is 0 Å². The molecular formula is C17H23N3O4S. The number of carbonyl (C=O) groups is 1. The van der Waals surface area contributed by atoms with Crippen LogP contribution in [0, 0.1) is 0 Å². The molecule has 1 N–H and O–H groups in total. The van der Waals surface area contributed by atoms with Crippen LogP contribution in [-0.2, 0) is 14.8 Å². The lowest BCUT2D eigenvalue weighted by atomic mass is 10.1. The van der Waals surface area contributed by atoms with Crippen LogP contribution in [-0.4, -0.2) is 46.0 Å². The van der Waals surface area contributed by atoms with Gasteiger partial charge in [0.15, 0.2) is 0 Å². The predicted octanol–water partition coefficient (Wildman–Crippen LogP) is 1.93. The number of amides is 1. The van der Waals surface area contributed by atoms with E-state index in [0.717, 1.165) is 25.9 Å². The number of rotatable bonds is 5. The Hall–Kier alpha value is -1.93. The van der Waals surface area contributed by atoms with E-state index in [-0.39, 0.29) is 16.9 Å². The minimum Gasteiger partial charge on any atom is -0.376 e. The predicted molar refractivity (Wildman–Crippen MR) is 95.7 cm³/mol. The topological polar surface area (TPSA) is 88.1 Å². The Morgan fingerprint density at radius 3 is 2.92 bits per heavy atom. The van der Waals surface area contributed by atoms with Crippen LogP contribution in [0.4, 0.5) is 5.69 Å². The molecular weight excluding hydrogens is 342 g/mol. The molecule has 1 aromatic rings. The molecule has 1 unspecified atom stereocenters. The van der Waals surface area contributed by atoms with E-state index in [9.17, 15) is 13.2 Å². The van der Waals surface area contributed by atoms with Gasteiger partial charge in [0, 0.05) is 25.3 Å². The minimum absolute atomic E-state index is 0.0394. The van der Waals surface area contributed by atoms with E-state index in [1.54, 1.807) is 19.1 Å². The van der Waals surface area contributed by atoms with Crippen molar-refractivity contribution in [3.05, 3.63) is 23.8 Å². The number of fused-ring (bicyclic) bond motifs is 1. The highest BCUT2D eigenvalue weighted by Gasteiger charge is 2.29. The van der Waals surface area contributed by atoms with Gasteiger partial charge in [-0.05, 0) is 44.4 Å². The summed E-state index contributed by atoms with van der Waals surface area (Å²) in [6.07, 6.45) is 2.83. The van der Waals surface area contributed by atoms with Gasteiger partial charge < -0.3 is 15.0 Å². The SMILES string of the molecule is CCCN1C(C)=NS(=O)(=O)c2cc(C(=O)NCC3CCCO3)ccc21. The fraction of sp³-hybridized carbons (Fsp3) is 0.529. The van der Waals surface area contributed by atoms with Crippen molar-refractivity contribution in [2.45, 2.75) is 44.1 Å². The van der Waals surface area contributed by atoms with Crippen LogP contribution in [0.15, 0.2) is 27.5 Å².